The Morgan fingerprint density at radius 2 is 2.60 bits per heavy atom. The van der Waals surface area contributed by atoms with Crippen molar-refractivity contribution in [2.24, 2.45) is 7.05 Å². The van der Waals surface area contributed by atoms with Gasteiger partial charge in [-0.15, -0.1) is 0 Å². The van der Waals surface area contributed by atoms with E-state index in [0.29, 0.717) is 6.04 Å². The monoisotopic (exact) mass is 223 g/mol. The molecule has 1 unspecified atom stereocenters. The molecule has 5 nitrogen and oxygen atoms in total. The first-order valence-corrected chi connectivity index (χ1v) is 5.90. The third kappa shape index (κ3) is 2.94. The number of hydrogen-bond donors (Lipinski definition) is 1. The number of nitrogens with zero attached hydrogens (tertiary/aromatic N) is 4. The van der Waals surface area contributed by atoms with E-state index in [0.717, 1.165) is 10.9 Å². The van der Waals surface area contributed by atoms with Crippen molar-refractivity contribution in [3.05, 3.63) is 6.33 Å². The van der Waals surface area contributed by atoms with Crippen molar-refractivity contribution in [2.75, 3.05) is 5.75 Å². The highest BCUT2D eigenvalue weighted by Crippen LogP contribution is 2.21. The van der Waals surface area contributed by atoms with Gasteiger partial charge in [0.1, 0.15) is 12.4 Å². The Morgan fingerprint density at radius 1 is 1.80 bits per heavy atom. The molecule has 6 heteroatoms. The number of nitriles is 1. The highest BCUT2D eigenvalue weighted by Gasteiger charge is 2.24. The lowest BCUT2D eigenvalue weighted by Gasteiger charge is -2.09. The molecule has 1 fully saturated rings. The van der Waals surface area contributed by atoms with Gasteiger partial charge in [0.05, 0.1) is 6.07 Å². The van der Waals surface area contributed by atoms with E-state index < -0.39 is 0 Å². The Kier molecular flexibility index (Phi) is 3.23. The van der Waals surface area contributed by atoms with Crippen LogP contribution in [0.1, 0.15) is 12.8 Å². The molecule has 1 aromatic rings. The summed E-state index contributed by atoms with van der Waals surface area (Å²) in [4.78, 5) is 4.09. The predicted octanol–water partition coefficient (Wildman–Crippen LogP) is 0.551. The largest absolute Gasteiger partial charge is 0.298 e. The second-order valence-corrected chi connectivity index (χ2v) is 4.59. The Balaban J connectivity index is 1.80. The van der Waals surface area contributed by atoms with E-state index >= 15 is 0 Å². The lowest BCUT2D eigenvalue weighted by molar-refractivity contribution is 0.640. The van der Waals surface area contributed by atoms with E-state index in [1.807, 2.05) is 7.05 Å². The zero-order chi connectivity index (χ0) is 10.7. The maximum atomic E-state index is 8.93. The highest BCUT2D eigenvalue weighted by molar-refractivity contribution is 7.99. The van der Waals surface area contributed by atoms with Crippen LogP contribution in [0.3, 0.4) is 0 Å². The molecule has 0 aliphatic heterocycles. The maximum absolute atomic E-state index is 8.93. The first-order valence-electron chi connectivity index (χ1n) is 4.92. The molecule has 15 heavy (non-hydrogen) atoms. The summed E-state index contributed by atoms with van der Waals surface area (Å²) in [6.45, 7) is 0. The van der Waals surface area contributed by atoms with Crippen molar-refractivity contribution >= 4 is 11.8 Å². The highest BCUT2D eigenvalue weighted by atomic mass is 32.2. The molecule has 0 spiro atoms. The third-order valence-corrected chi connectivity index (χ3v) is 3.35. The topological polar surface area (TPSA) is 66.5 Å². The molecule has 1 heterocycles. The molecule has 1 atom stereocenters. The van der Waals surface area contributed by atoms with Gasteiger partial charge in [0.2, 0.25) is 0 Å². The minimum Gasteiger partial charge on any atom is -0.298 e. The van der Waals surface area contributed by atoms with Crippen molar-refractivity contribution < 1.29 is 0 Å². The fraction of sp³-hybridized carbons (Fsp3) is 0.667. The van der Waals surface area contributed by atoms with Crippen LogP contribution in [-0.4, -0.2) is 32.6 Å². The summed E-state index contributed by atoms with van der Waals surface area (Å²) < 4.78 is 1.72. The summed E-state index contributed by atoms with van der Waals surface area (Å²) in [5, 5.41) is 17.0. The number of aromatic nitrogens is 3. The fourth-order valence-electron chi connectivity index (χ4n) is 1.23. The summed E-state index contributed by atoms with van der Waals surface area (Å²) in [5.74, 6) is 0.722. The number of aryl methyl sites for hydroxylation is 1. The van der Waals surface area contributed by atoms with Crippen LogP contribution in [0.25, 0.3) is 0 Å². The standard InChI is InChI=1S/C9H13N5S/c1-14-9(11-6-12-14)15-5-8(4-10)13-7-2-3-7/h6-8,13H,2-3,5H2,1H3. The fourth-order valence-corrected chi connectivity index (χ4v) is 2.07. The summed E-state index contributed by atoms with van der Waals surface area (Å²) in [5.41, 5.74) is 0. The first kappa shape index (κ1) is 10.5. The van der Waals surface area contributed by atoms with E-state index in [1.165, 1.54) is 19.2 Å². The van der Waals surface area contributed by atoms with Gasteiger partial charge >= 0.3 is 0 Å². The Morgan fingerprint density at radius 3 is 3.13 bits per heavy atom. The number of hydrogen-bond acceptors (Lipinski definition) is 5. The molecule has 1 aliphatic rings. The van der Waals surface area contributed by atoms with Crippen molar-refractivity contribution in [2.45, 2.75) is 30.1 Å². The molecule has 0 bridgehead atoms. The van der Waals surface area contributed by atoms with E-state index in [-0.39, 0.29) is 6.04 Å². The average Bonchev–Trinajstić information content (AvgIpc) is 2.96. The second kappa shape index (κ2) is 4.64. The Labute approximate surface area is 92.9 Å². The zero-order valence-corrected chi connectivity index (χ0v) is 9.37. The van der Waals surface area contributed by atoms with Gasteiger partial charge in [-0.3, -0.25) is 5.32 Å². The van der Waals surface area contributed by atoms with Crippen LogP contribution in [0.2, 0.25) is 0 Å². The molecule has 1 aromatic heterocycles. The van der Waals surface area contributed by atoms with Gasteiger partial charge in [0.15, 0.2) is 5.16 Å². The molecule has 1 N–H and O–H groups in total. The molecule has 1 saturated carbocycles. The van der Waals surface area contributed by atoms with E-state index in [4.69, 9.17) is 5.26 Å². The van der Waals surface area contributed by atoms with Gasteiger partial charge < -0.3 is 0 Å². The van der Waals surface area contributed by atoms with Gasteiger partial charge in [0, 0.05) is 18.8 Å². The van der Waals surface area contributed by atoms with Crippen molar-refractivity contribution in [3.8, 4) is 6.07 Å². The molecular formula is C9H13N5S. The van der Waals surface area contributed by atoms with Crippen molar-refractivity contribution in [3.63, 3.8) is 0 Å². The van der Waals surface area contributed by atoms with Crippen LogP contribution in [0.5, 0.6) is 0 Å². The van der Waals surface area contributed by atoms with Gasteiger partial charge in [-0.05, 0) is 12.8 Å². The van der Waals surface area contributed by atoms with E-state index in [1.54, 1.807) is 16.4 Å². The minimum absolute atomic E-state index is 0.0841. The third-order valence-electron chi connectivity index (χ3n) is 2.22. The Bertz CT molecular complexity index is 365. The molecule has 80 valence electrons. The quantitative estimate of drug-likeness (QED) is 0.738. The van der Waals surface area contributed by atoms with E-state index in [9.17, 15) is 0 Å². The van der Waals surface area contributed by atoms with Gasteiger partial charge in [-0.2, -0.15) is 10.4 Å². The normalized spacial score (nSPS) is 17.3. The second-order valence-electron chi connectivity index (χ2n) is 3.60. The molecular weight excluding hydrogens is 210 g/mol. The van der Waals surface area contributed by atoms with Crippen LogP contribution < -0.4 is 5.32 Å². The van der Waals surface area contributed by atoms with Crippen LogP contribution >= 0.6 is 11.8 Å². The molecule has 1 aliphatic carbocycles. The van der Waals surface area contributed by atoms with Gasteiger partial charge in [-0.25, -0.2) is 9.67 Å². The van der Waals surface area contributed by atoms with Crippen molar-refractivity contribution in [1.29, 1.82) is 5.26 Å². The van der Waals surface area contributed by atoms with Crippen LogP contribution in [0.4, 0.5) is 0 Å². The SMILES string of the molecule is Cn1ncnc1SCC(C#N)NC1CC1. The minimum atomic E-state index is -0.0841. The lowest BCUT2D eigenvalue weighted by Crippen LogP contribution is -2.31. The van der Waals surface area contributed by atoms with Gasteiger partial charge in [-0.1, -0.05) is 11.8 Å². The molecule has 0 saturated heterocycles. The van der Waals surface area contributed by atoms with Crippen LogP contribution in [0, 0.1) is 11.3 Å². The first-order chi connectivity index (χ1) is 7.29. The zero-order valence-electron chi connectivity index (χ0n) is 8.55. The molecule has 0 aromatic carbocycles. The van der Waals surface area contributed by atoms with Crippen LogP contribution in [-0.2, 0) is 7.05 Å². The Hall–Kier alpha value is -1.06. The predicted molar refractivity (Wildman–Crippen MR) is 57.3 cm³/mol. The van der Waals surface area contributed by atoms with Gasteiger partial charge in [0.25, 0.3) is 0 Å². The number of nitrogens with one attached hydrogen (secondary N) is 1. The lowest BCUT2D eigenvalue weighted by atomic mass is 10.4. The number of rotatable bonds is 5. The van der Waals surface area contributed by atoms with E-state index in [2.05, 4.69) is 21.5 Å². The average molecular weight is 223 g/mol. The maximum Gasteiger partial charge on any atom is 0.185 e. The molecule has 2 rings (SSSR count). The van der Waals surface area contributed by atoms with Crippen molar-refractivity contribution in [1.82, 2.24) is 20.1 Å². The smallest absolute Gasteiger partial charge is 0.185 e. The molecule has 0 amide bonds. The number of thioether (sulfide) groups is 1. The summed E-state index contributed by atoms with van der Waals surface area (Å²) in [7, 11) is 1.85. The van der Waals surface area contributed by atoms with Crippen LogP contribution in [0.15, 0.2) is 11.5 Å². The molecule has 0 radical (unpaired) electrons. The summed E-state index contributed by atoms with van der Waals surface area (Å²) >= 11 is 1.56. The summed E-state index contributed by atoms with van der Waals surface area (Å²) in [6, 6.07) is 2.75. The summed E-state index contributed by atoms with van der Waals surface area (Å²) in [6.07, 6.45) is 3.93.